The van der Waals surface area contributed by atoms with E-state index in [1.54, 1.807) is 16.7 Å². The molecule has 0 aliphatic carbocycles. The van der Waals surface area contributed by atoms with Crippen LogP contribution in [0.4, 0.5) is 4.79 Å². The number of hydrogen-bond acceptors (Lipinski definition) is 4. The van der Waals surface area contributed by atoms with E-state index in [4.69, 9.17) is 9.84 Å². The van der Waals surface area contributed by atoms with Crippen molar-refractivity contribution in [1.29, 1.82) is 0 Å². The molecule has 0 radical (unpaired) electrons. The summed E-state index contributed by atoms with van der Waals surface area (Å²) >= 11 is 1.66. The highest BCUT2D eigenvalue weighted by Crippen LogP contribution is 2.08. The van der Waals surface area contributed by atoms with Gasteiger partial charge >= 0.3 is 12.0 Å². The molecule has 2 N–H and O–H groups in total. The number of amides is 2. The molecule has 1 aliphatic heterocycles. The van der Waals surface area contributed by atoms with Crippen molar-refractivity contribution in [3.05, 3.63) is 0 Å². The van der Waals surface area contributed by atoms with Crippen LogP contribution in [0.5, 0.6) is 0 Å². The Balaban J connectivity index is 2.32. The highest BCUT2D eigenvalue weighted by Gasteiger charge is 2.25. The number of nitrogens with zero attached hydrogens (tertiary/aromatic N) is 1. The van der Waals surface area contributed by atoms with Crippen LogP contribution in [0.15, 0.2) is 0 Å². The van der Waals surface area contributed by atoms with E-state index in [0.29, 0.717) is 26.2 Å². The average molecular weight is 262 g/mol. The van der Waals surface area contributed by atoms with Gasteiger partial charge in [0.15, 0.2) is 0 Å². The van der Waals surface area contributed by atoms with E-state index < -0.39 is 12.1 Å². The van der Waals surface area contributed by atoms with Gasteiger partial charge in [-0.3, -0.25) is 4.79 Å². The summed E-state index contributed by atoms with van der Waals surface area (Å²) in [6.07, 6.45) is 1.52. The van der Waals surface area contributed by atoms with Crippen molar-refractivity contribution in [2.45, 2.75) is 12.5 Å². The SMILES string of the molecule is CSCCNC(=O)N1CCOC(CC(=O)O)C1. The molecule has 1 saturated heterocycles. The molecule has 1 rings (SSSR count). The van der Waals surface area contributed by atoms with Gasteiger partial charge in [0, 0.05) is 25.4 Å². The maximum atomic E-state index is 11.7. The molecule has 0 saturated carbocycles. The predicted octanol–water partition coefficient (Wildman–Crippen LogP) is 0.234. The minimum atomic E-state index is -0.903. The monoisotopic (exact) mass is 262 g/mol. The number of carboxylic acids is 1. The van der Waals surface area contributed by atoms with E-state index in [0.717, 1.165) is 5.75 Å². The number of ether oxygens (including phenoxy) is 1. The molecular formula is C10H18N2O4S. The zero-order valence-electron chi connectivity index (χ0n) is 9.85. The van der Waals surface area contributed by atoms with Gasteiger partial charge in [0.05, 0.1) is 19.1 Å². The number of carbonyl (C=O) groups excluding carboxylic acids is 1. The number of urea groups is 1. The van der Waals surface area contributed by atoms with Crippen LogP contribution >= 0.6 is 11.8 Å². The Bertz CT molecular complexity index is 275. The average Bonchev–Trinajstić information content (AvgIpc) is 2.28. The number of morpholine rings is 1. The second-order valence-corrected chi connectivity index (χ2v) is 4.75. The Morgan fingerprint density at radius 1 is 1.59 bits per heavy atom. The summed E-state index contributed by atoms with van der Waals surface area (Å²) in [5, 5.41) is 11.5. The molecule has 1 unspecified atom stereocenters. The minimum Gasteiger partial charge on any atom is -0.481 e. The van der Waals surface area contributed by atoms with Crippen molar-refractivity contribution >= 4 is 23.8 Å². The maximum absolute atomic E-state index is 11.7. The van der Waals surface area contributed by atoms with Crippen molar-refractivity contribution in [2.24, 2.45) is 0 Å². The molecule has 6 nitrogen and oxygen atoms in total. The fraction of sp³-hybridized carbons (Fsp3) is 0.800. The van der Waals surface area contributed by atoms with Crippen molar-refractivity contribution < 1.29 is 19.4 Å². The third kappa shape index (κ3) is 5.27. The minimum absolute atomic E-state index is 0.0609. The fourth-order valence-corrected chi connectivity index (χ4v) is 1.90. The van der Waals surface area contributed by atoms with E-state index in [-0.39, 0.29) is 12.5 Å². The molecule has 1 aliphatic rings. The number of thioether (sulfide) groups is 1. The first-order chi connectivity index (χ1) is 8.13. The molecule has 1 atom stereocenters. The normalized spacial score (nSPS) is 20.1. The van der Waals surface area contributed by atoms with Gasteiger partial charge < -0.3 is 20.1 Å². The highest BCUT2D eigenvalue weighted by molar-refractivity contribution is 7.98. The first-order valence-electron chi connectivity index (χ1n) is 5.48. The van der Waals surface area contributed by atoms with Crippen LogP contribution in [0.1, 0.15) is 6.42 Å². The third-order valence-electron chi connectivity index (χ3n) is 2.41. The number of carboxylic acid groups (broad SMARTS) is 1. The molecule has 0 aromatic rings. The van der Waals surface area contributed by atoms with Crippen LogP contribution in [-0.4, -0.2) is 66.4 Å². The lowest BCUT2D eigenvalue weighted by Crippen LogP contribution is -2.50. The van der Waals surface area contributed by atoms with E-state index >= 15 is 0 Å². The molecule has 0 aromatic carbocycles. The molecule has 0 aromatic heterocycles. The van der Waals surface area contributed by atoms with Crippen molar-refractivity contribution in [3.63, 3.8) is 0 Å². The molecule has 7 heteroatoms. The molecule has 0 bridgehead atoms. The second kappa shape index (κ2) is 7.39. The van der Waals surface area contributed by atoms with Gasteiger partial charge in [0.25, 0.3) is 0 Å². The van der Waals surface area contributed by atoms with Gasteiger partial charge in [-0.05, 0) is 6.26 Å². The van der Waals surface area contributed by atoms with Crippen LogP contribution in [0, 0.1) is 0 Å². The Hall–Kier alpha value is -0.950. The van der Waals surface area contributed by atoms with Crippen LogP contribution in [-0.2, 0) is 9.53 Å². The van der Waals surface area contributed by atoms with Crippen LogP contribution in [0.2, 0.25) is 0 Å². The van der Waals surface area contributed by atoms with Crippen LogP contribution in [0.25, 0.3) is 0 Å². The second-order valence-electron chi connectivity index (χ2n) is 3.76. The predicted molar refractivity (Wildman–Crippen MR) is 65.3 cm³/mol. The lowest BCUT2D eigenvalue weighted by Gasteiger charge is -2.32. The largest absolute Gasteiger partial charge is 0.481 e. The third-order valence-corrected chi connectivity index (χ3v) is 3.02. The molecule has 0 spiro atoms. The number of rotatable bonds is 5. The molecule has 1 heterocycles. The first-order valence-corrected chi connectivity index (χ1v) is 6.88. The van der Waals surface area contributed by atoms with E-state index in [1.165, 1.54) is 0 Å². The Kier molecular flexibility index (Phi) is 6.13. The lowest BCUT2D eigenvalue weighted by molar-refractivity contribution is -0.141. The molecule has 2 amide bonds. The summed E-state index contributed by atoms with van der Waals surface area (Å²) in [4.78, 5) is 23.9. The molecule has 17 heavy (non-hydrogen) atoms. The molecular weight excluding hydrogens is 244 g/mol. The summed E-state index contributed by atoms with van der Waals surface area (Å²) in [6.45, 7) is 1.88. The maximum Gasteiger partial charge on any atom is 0.317 e. The van der Waals surface area contributed by atoms with Gasteiger partial charge in [-0.2, -0.15) is 11.8 Å². The lowest BCUT2D eigenvalue weighted by atomic mass is 10.2. The van der Waals surface area contributed by atoms with Gasteiger partial charge in [-0.25, -0.2) is 4.79 Å². The quantitative estimate of drug-likeness (QED) is 0.694. The van der Waals surface area contributed by atoms with Crippen LogP contribution in [0.3, 0.4) is 0 Å². The molecule has 98 valence electrons. The number of carbonyl (C=O) groups is 2. The van der Waals surface area contributed by atoms with E-state index in [1.807, 2.05) is 6.26 Å². The standard InChI is InChI=1S/C10H18N2O4S/c1-17-5-2-11-10(15)12-3-4-16-8(7-12)6-9(13)14/h8H,2-7H2,1H3,(H,11,15)(H,13,14). The summed E-state index contributed by atoms with van der Waals surface area (Å²) in [6, 6.07) is -0.141. The van der Waals surface area contributed by atoms with Gasteiger partial charge in [0.2, 0.25) is 0 Å². The number of hydrogen-bond donors (Lipinski definition) is 2. The summed E-state index contributed by atoms with van der Waals surface area (Å²) < 4.78 is 5.29. The van der Waals surface area contributed by atoms with Gasteiger partial charge in [0.1, 0.15) is 0 Å². The van der Waals surface area contributed by atoms with Crippen molar-refractivity contribution in [3.8, 4) is 0 Å². The summed E-state index contributed by atoms with van der Waals surface area (Å²) in [7, 11) is 0. The Morgan fingerprint density at radius 3 is 3.00 bits per heavy atom. The van der Waals surface area contributed by atoms with Crippen LogP contribution < -0.4 is 5.32 Å². The van der Waals surface area contributed by atoms with Crippen molar-refractivity contribution in [1.82, 2.24) is 10.2 Å². The highest BCUT2D eigenvalue weighted by atomic mass is 32.2. The van der Waals surface area contributed by atoms with Gasteiger partial charge in [-0.1, -0.05) is 0 Å². The smallest absolute Gasteiger partial charge is 0.317 e. The fourth-order valence-electron chi connectivity index (χ4n) is 1.59. The number of aliphatic carboxylic acids is 1. The Morgan fingerprint density at radius 2 is 2.35 bits per heavy atom. The van der Waals surface area contributed by atoms with E-state index in [9.17, 15) is 9.59 Å². The zero-order valence-corrected chi connectivity index (χ0v) is 10.7. The summed E-state index contributed by atoms with van der Waals surface area (Å²) in [5.41, 5.74) is 0. The molecule has 1 fully saturated rings. The summed E-state index contributed by atoms with van der Waals surface area (Å²) in [5.74, 6) is -0.0334. The number of nitrogens with one attached hydrogen (secondary N) is 1. The Labute approximate surface area is 105 Å². The van der Waals surface area contributed by atoms with Gasteiger partial charge in [-0.15, -0.1) is 0 Å². The first kappa shape index (κ1) is 14.1. The van der Waals surface area contributed by atoms with E-state index in [2.05, 4.69) is 5.32 Å². The topological polar surface area (TPSA) is 78.9 Å². The van der Waals surface area contributed by atoms with Crippen molar-refractivity contribution in [2.75, 3.05) is 38.2 Å². The zero-order chi connectivity index (χ0) is 12.7.